The summed E-state index contributed by atoms with van der Waals surface area (Å²) in [5.41, 5.74) is 1.17. The molecule has 1 unspecified atom stereocenters. The second-order valence-electron chi connectivity index (χ2n) is 5.17. The molecule has 104 valence electrons. The highest BCUT2D eigenvalue weighted by Gasteiger charge is 2.20. The summed E-state index contributed by atoms with van der Waals surface area (Å²) in [6, 6.07) is 4.14. The molecule has 1 aliphatic heterocycles. The van der Waals surface area contributed by atoms with E-state index in [1.165, 1.54) is 5.56 Å². The van der Waals surface area contributed by atoms with Gasteiger partial charge in [-0.3, -0.25) is 4.79 Å². The van der Waals surface area contributed by atoms with Crippen molar-refractivity contribution in [1.82, 2.24) is 10.3 Å². The third kappa shape index (κ3) is 4.21. The molecule has 0 radical (unpaired) electrons. The molecule has 0 bridgehead atoms. The quantitative estimate of drug-likeness (QED) is 0.838. The van der Waals surface area contributed by atoms with E-state index in [9.17, 15) is 4.79 Å². The maximum Gasteiger partial charge on any atom is 0.317 e. The summed E-state index contributed by atoms with van der Waals surface area (Å²) in [5.74, 6) is 0.720. The number of rotatable bonds is 5. The van der Waals surface area contributed by atoms with Crippen LogP contribution in [0.1, 0.15) is 18.4 Å². The van der Waals surface area contributed by atoms with Gasteiger partial charge in [0, 0.05) is 25.8 Å². The van der Waals surface area contributed by atoms with Crippen molar-refractivity contribution in [3.63, 3.8) is 0 Å². The molecule has 5 nitrogen and oxygen atoms in total. The molecule has 1 atom stereocenters. The summed E-state index contributed by atoms with van der Waals surface area (Å²) < 4.78 is 0. The molecule has 2 rings (SSSR count). The molecule has 5 heteroatoms. The fraction of sp³-hybridized carbons (Fsp3) is 0.571. The molecule has 1 fully saturated rings. The van der Waals surface area contributed by atoms with E-state index in [1.54, 1.807) is 0 Å². The maximum absolute atomic E-state index is 10.5. The number of hydrogen-bond donors (Lipinski definition) is 2. The zero-order valence-corrected chi connectivity index (χ0v) is 11.3. The van der Waals surface area contributed by atoms with Gasteiger partial charge in [0.25, 0.3) is 0 Å². The van der Waals surface area contributed by atoms with E-state index in [2.05, 4.69) is 27.3 Å². The van der Waals surface area contributed by atoms with E-state index < -0.39 is 5.97 Å². The van der Waals surface area contributed by atoms with E-state index >= 15 is 0 Å². The number of aromatic nitrogens is 1. The number of nitrogens with one attached hydrogen (secondary N) is 1. The molecule has 1 aromatic rings. The van der Waals surface area contributed by atoms with E-state index in [4.69, 9.17) is 5.11 Å². The Hall–Kier alpha value is -1.62. The minimum absolute atomic E-state index is 0.0410. The lowest BCUT2D eigenvalue weighted by molar-refractivity contribution is -0.136. The number of pyridine rings is 1. The summed E-state index contributed by atoms with van der Waals surface area (Å²) in [6.07, 6.45) is 4.17. The molecule has 0 aromatic carbocycles. The molecular weight excluding hydrogens is 242 g/mol. The van der Waals surface area contributed by atoms with E-state index in [-0.39, 0.29) is 6.54 Å². The fourth-order valence-electron chi connectivity index (χ4n) is 2.47. The molecule has 19 heavy (non-hydrogen) atoms. The Balaban J connectivity index is 1.86. The van der Waals surface area contributed by atoms with Crippen molar-refractivity contribution in [2.45, 2.75) is 19.8 Å². The van der Waals surface area contributed by atoms with Gasteiger partial charge in [-0.15, -0.1) is 0 Å². The van der Waals surface area contributed by atoms with Crippen LogP contribution < -0.4 is 10.2 Å². The largest absolute Gasteiger partial charge is 0.480 e. The topological polar surface area (TPSA) is 65.5 Å². The molecular formula is C14H21N3O2. The molecule has 1 aromatic heterocycles. The second-order valence-corrected chi connectivity index (χ2v) is 5.17. The van der Waals surface area contributed by atoms with E-state index in [1.807, 2.05) is 13.1 Å². The van der Waals surface area contributed by atoms with Crippen molar-refractivity contribution in [3.05, 3.63) is 23.9 Å². The monoisotopic (exact) mass is 263 g/mol. The number of piperidine rings is 1. The molecule has 0 aliphatic carbocycles. The lowest BCUT2D eigenvalue weighted by Crippen LogP contribution is -2.40. The highest BCUT2D eigenvalue weighted by Crippen LogP contribution is 2.21. The van der Waals surface area contributed by atoms with Crippen molar-refractivity contribution in [2.75, 3.05) is 31.1 Å². The highest BCUT2D eigenvalue weighted by atomic mass is 16.4. The summed E-state index contributed by atoms with van der Waals surface area (Å²) in [7, 11) is 0. The normalized spacial score (nSPS) is 19.4. The summed E-state index contributed by atoms with van der Waals surface area (Å²) >= 11 is 0. The van der Waals surface area contributed by atoms with Gasteiger partial charge in [-0.25, -0.2) is 4.98 Å². The van der Waals surface area contributed by atoms with Crippen molar-refractivity contribution in [3.8, 4) is 0 Å². The van der Waals surface area contributed by atoms with Gasteiger partial charge in [0.1, 0.15) is 5.82 Å². The van der Waals surface area contributed by atoms with Crippen LogP contribution in [0.3, 0.4) is 0 Å². The molecule has 1 aliphatic rings. The summed E-state index contributed by atoms with van der Waals surface area (Å²) in [4.78, 5) is 17.2. The molecule has 2 heterocycles. The molecule has 0 amide bonds. The predicted molar refractivity (Wildman–Crippen MR) is 74.4 cm³/mol. The molecule has 0 spiro atoms. The minimum atomic E-state index is -0.798. The number of nitrogens with zero attached hydrogens (tertiary/aromatic N) is 2. The van der Waals surface area contributed by atoms with Crippen LogP contribution in [0.15, 0.2) is 18.3 Å². The van der Waals surface area contributed by atoms with Crippen LogP contribution in [0, 0.1) is 12.8 Å². The fourth-order valence-corrected chi connectivity index (χ4v) is 2.47. The number of carboxylic acid groups (broad SMARTS) is 1. The highest BCUT2D eigenvalue weighted by molar-refractivity contribution is 5.68. The third-order valence-corrected chi connectivity index (χ3v) is 3.45. The third-order valence-electron chi connectivity index (χ3n) is 3.45. The standard InChI is InChI=1S/C14H21N3O2/c1-11-4-5-13(16-7-11)17-6-2-3-12(10-17)8-15-9-14(18)19/h4-5,7,12,15H,2-3,6,8-10H2,1H3,(H,18,19). The number of hydrogen-bond acceptors (Lipinski definition) is 4. The molecule has 2 N–H and O–H groups in total. The average Bonchev–Trinajstić information content (AvgIpc) is 2.39. The molecule has 1 saturated heterocycles. The zero-order valence-electron chi connectivity index (χ0n) is 11.3. The predicted octanol–water partition coefficient (Wildman–Crippen LogP) is 1.28. The van der Waals surface area contributed by atoms with E-state index in [0.717, 1.165) is 38.3 Å². The first-order valence-corrected chi connectivity index (χ1v) is 6.75. The van der Waals surface area contributed by atoms with Gasteiger partial charge in [0.2, 0.25) is 0 Å². The lowest BCUT2D eigenvalue weighted by atomic mass is 9.98. The van der Waals surface area contributed by atoms with Crippen LogP contribution in [-0.4, -0.2) is 42.2 Å². The Labute approximate surface area is 113 Å². The number of carbonyl (C=O) groups is 1. The van der Waals surface area contributed by atoms with Crippen LogP contribution in [0.25, 0.3) is 0 Å². The first-order valence-electron chi connectivity index (χ1n) is 6.75. The number of aliphatic carboxylic acids is 1. The smallest absolute Gasteiger partial charge is 0.317 e. The summed E-state index contributed by atoms with van der Waals surface area (Å²) in [5, 5.41) is 11.6. The minimum Gasteiger partial charge on any atom is -0.480 e. The Morgan fingerprint density at radius 1 is 1.58 bits per heavy atom. The van der Waals surface area contributed by atoms with Gasteiger partial charge in [-0.1, -0.05) is 6.07 Å². The SMILES string of the molecule is Cc1ccc(N2CCCC(CNCC(=O)O)C2)nc1. The Bertz CT molecular complexity index is 419. The van der Waals surface area contributed by atoms with Crippen molar-refractivity contribution < 1.29 is 9.90 Å². The molecule has 0 saturated carbocycles. The van der Waals surface area contributed by atoms with Gasteiger partial charge in [-0.2, -0.15) is 0 Å². The first-order chi connectivity index (χ1) is 9.15. The van der Waals surface area contributed by atoms with Crippen molar-refractivity contribution >= 4 is 11.8 Å². The number of anilines is 1. The van der Waals surface area contributed by atoms with Crippen LogP contribution in [0.4, 0.5) is 5.82 Å². The van der Waals surface area contributed by atoms with Crippen LogP contribution in [0.2, 0.25) is 0 Å². The number of aryl methyl sites for hydroxylation is 1. The average molecular weight is 263 g/mol. The van der Waals surface area contributed by atoms with Gasteiger partial charge in [0.05, 0.1) is 6.54 Å². The van der Waals surface area contributed by atoms with Crippen molar-refractivity contribution in [1.29, 1.82) is 0 Å². The van der Waals surface area contributed by atoms with Gasteiger partial charge < -0.3 is 15.3 Å². The van der Waals surface area contributed by atoms with Gasteiger partial charge >= 0.3 is 5.97 Å². The van der Waals surface area contributed by atoms with Crippen LogP contribution in [-0.2, 0) is 4.79 Å². The Morgan fingerprint density at radius 3 is 3.11 bits per heavy atom. The lowest BCUT2D eigenvalue weighted by Gasteiger charge is -2.33. The Kier molecular flexibility index (Phi) is 4.74. The Morgan fingerprint density at radius 2 is 2.42 bits per heavy atom. The first kappa shape index (κ1) is 13.8. The second kappa shape index (κ2) is 6.52. The summed E-state index contributed by atoms with van der Waals surface area (Å²) in [6.45, 7) is 4.81. The zero-order chi connectivity index (χ0) is 13.7. The van der Waals surface area contributed by atoms with Gasteiger partial charge in [-0.05, 0) is 37.3 Å². The van der Waals surface area contributed by atoms with Crippen molar-refractivity contribution in [2.24, 2.45) is 5.92 Å². The number of carboxylic acids is 1. The van der Waals surface area contributed by atoms with E-state index in [0.29, 0.717) is 5.92 Å². The van der Waals surface area contributed by atoms with Crippen LogP contribution >= 0.6 is 0 Å². The van der Waals surface area contributed by atoms with Gasteiger partial charge in [0.15, 0.2) is 0 Å². The van der Waals surface area contributed by atoms with Crippen LogP contribution in [0.5, 0.6) is 0 Å². The maximum atomic E-state index is 10.5.